The summed E-state index contributed by atoms with van der Waals surface area (Å²) in [6.07, 6.45) is 2.88. The van der Waals surface area contributed by atoms with Crippen LogP contribution in [0.3, 0.4) is 0 Å². The van der Waals surface area contributed by atoms with Gasteiger partial charge >= 0.3 is 0 Å². The zero-order valence-corrected chi connectivity index (χ0v) is 16.4. The number of hydrogen-bond acceptors (Lipinski definition) is 4. The lowest BCUT2D eigenvalue weighted by atomic mass is 9.98. The van der Waals surface area contributed by atoms with Gasteiger partial charge in [-0.3, -0.25) is 5.41 Å². The molecular formula is C22H26N6. The average Bonchev–Trinajstić information content (AvgIpc) is 3.25. The highest BCUT2D eigenvalue weighted by Gasteiger charge is 2.13. The van der Waals surface area contributed by atoms with Crippen molar-refractivity contribution in [3.63, 3.8) is 0 Å². The molecule has 28 heavy (non-hydrogen) atoms. The molecule has 2 aromatic carbocycles. The highest BCUT2D eigenvalue weighted by Crippen LogP contribution is 2.30. The van der Waals surface area contributed by atoms with E-state index in [2.05, 4.69) is 64.5 Å². The zero-order valence-electron chi connectivity index (χ0n) is 16.4. The topological polar surface area (TPSA) is 81.6 Å². The van der Waals surface area contributed by atoms with Crippen molar-refractivity contribution in [2.75, 3.05) is 0 Å². The molecule has 0 fully saturated rings. The number of hydrogen-bond donors (Lipinski definition) is 2. The van der Waals surface area contributed by atoms with E-state index < -0.39 is 0 Å². The van der Waals surface area contributed by atoms with Crippen LogP contribution in [0.2, 0.25) is 0 Å². The Morgan fingerprint density at radius 3 is 2.43 bits per heavy atom. The fraction of sp³-hybridized carbons (Fsp3) is 0.273. The minimum atomic E-state index is 0.581. The van der Waals surface area contributed by atoms with Crippen LogP contribution in [0.25, 0.3) is 22.5 Å². The van der Waals surface area contributed by atoms with Gasteiger partial charge < -0.3 is 4.90 Å². The number of nitrogens with one attached hydrogen (secondary N) is 2. The average molecular weight is 374 g/mol. The van der Waals surface area contributed by atoms with Crippen LogP contribution in [0.5, 0.6) is 0 Å². The van der Waals surface area contributed by atoms with E-state index in [1.54, 1.807) is 0 Å². The Morgan fingerprint density at radius 2 is 1.82 bits per heavy atom. The first-order chi connectivity index (χ1) is 13.6. The second-order valence-electron chi connectivity index (χ2n) is 6.85. The number of aromatic nitrogens is 4. The van der Waals surface area contributed by atoms with E-state index in [0.717, 1.165) is 47.2 Å². The largest absolute Gasteiger partial charge is 0.331 e. The monoisotopic (exact) mass is 374 g/mol. The summed E-state index contributed by atoms with van der Waals surface area (Å²) in [4.78, 5) is 1.98. The fourth-order valence-corrected chi connectivity index (χ4v) is 3.12. The van der Waals surface area contributed by atoms with E-state index in [0.29, 0.717) is 18.2 Å². The van der Waals surface area contributed by atoms with Crippen LogP contribution < -0.4 is 0 Å². The molecule has 1 aromatic heterocycles. The van der Waals surface area contributed by atoms with Crippen molar-refractivity contribution in [3.8, 4) is 22.5 Å². The third kappa shape index (κ3) is 4.52. The number of amidine groups is 1. The summed E-state index contributed by atoms with van der Waals surface area (Å²) in [6, 6.07) is 16.4. The summed E-state index contributed by atoms with van der Waals surface area (Å²) in [5, 5.41) is 22.7. The molecule has 0 saturated carbocycles. The standard InChI is InChI=1S/C22H26N6/c1-4-5-10-21(23)28(16(2)3)15-17-11-13-18(14-12-17)19-8-6-7-9-20(19)22-24-26-27-25-22/h6-9,11-14,23H,2,4-5,10,15H2,1,3H3,(H,24,25,26,27). The molecule has 0 bridgehead atoms. The number of unbranched alkanes of at least 4 members (excludes halogenated alkanes) is 1. The molecule has 0 unspecified atom stereocenters. The van der Waals surface area contributed by atoms with Gasteiger partial charge in [0.15, 0.2) is 0 Å². The maximum absolute atomic E-state index is 8.36. The lowest BCUT2D eigenvalue weighted by Gasteiger charge is -2.25. The lowest BCUT2D eigenvalue weighted by molar-refractivity contribution is 0.491. The number of H-pyrrole nitrogens is 1. The molecule has 0 spiro atoms. The van der Waals surface area contributed by atoms with Gasteiger partial charge in [-0.05, 0) is 35.2 Å². The molecule has 144 valence electrons. The molecule has 0 aliphatic heterocycles. The normalized spacial score (nSPS) is 10.6. The van der Waals surface area contributed by atoms with E-state index >= 15 is 0 Å². The Bertz CT molecular complexity index is 928. The summed E-state index contributed by atoms with van der Waals surface area (Å²) in [7, 11) is 0. The molecule has 1 heterocycles. The van der Waals surface area contributed by atoms with Crippen LogP contribution in [0.1, 0.15) is 38.7 Å². The van der Waals surface area contributed by atoms with Crippen LogP contribution in [-0.4, -0.2) is 31.4 Å². The van der Waals surface area contributed by atoms with Crippen molar-refractivity contribution in [2.24, 2.45) is 0 Å². The number of aromatic amines is 1. The summed E-state index contributed by atoms with van der Waals surface area (Å²) < 4.78 is 0. The highest BCUT2D eigenvalue weighted by atomic mass is 15.5. The molecule has 0 atom stereocenters. The van der Waals surface area contributed by atoms with E-state index in [1.165, 1.54) is 0 Å². The van der Waals surface area contributed by atoms with E-state index in [9.17, 15) is 0 Å². The number of benzene rings is 2. The number of rotatable bonds is 8. The predicted octanol–water partition coefficient (Wildman–Crippen LogP) is 5.04. The molecule has 0 aliphatic carbocycles. The van der Waals surface area contributed by atoms with Gasteiger partial charge in [-0.2, -0.15) is 5.21 Å². The number of allylic oxidation sites excluding steroid dienone is 1. The fourth-order valence-electron chi connectivity index (χ4n) is 3.12. The zero-order chi connectivity index (χ0) is 19.9. The van der Waals surface area contributed by atoms with Gasteiger partial charge in [0.25, 0.3) is 0 Å². The van der Waals surface area contributed by atoms with Crippen molar-refractivity contribution in [3.05, 3.63) is 66.4 Å². The van der Waals surface area contributed by atoms with Gasteiger partial charge in [0.1, 0.15) is 5.84 Å². The van der Waals surface area contributed by atoms with Crippen LogP contribution in [-0.2, 0) is 6.54 Å². The maximum atomic E-state index is 8.36. The van der Waals surface area contributed by atoms with Crippen molar-refractivity contribution < 1.29 is 0 Å². The Hall–Kier alpha value is -3.28. The quantitative estimate of drug-likeness (QED) is 0.428. The third-order valence-corrected chi connectivity index (χ3v) is 4.67. The molecule has 0 aliphatic rings. The molecule has 3 aromatic rings. The van der Waals surface area contributed by atoms with E-state index in [-0.39, 0.29) is 0 Å². The molecule has 0 radical (unpaired) electrons. The summed E-state index contributed by atoms with van der Waals surface area (Å²) in [5.74, 6) is 1.21. The Labute approximate surface area is 165 Å². The number of nitrogens with zero attached hydrogens (tertiary/aromatic N) is 4. The SMILES string of the molecule is C=C(C)N(Cc1ccc(-c2ccccc2-c2nn[nH]n2)cc1)C(=N)CCCC. The van der Waals surface area contributed by atoms with Gasteiger partial charge in [-0.15, -0.1) is 10.2 Å². The summed E-state index contributed by atoms with van der Waals surface area (Å²) in [5.41, 5.74) is 5.13. The van der Waals surface area contributed by atoms with Crippen molar-refractivity contribution in [1.29, 1.82) is 5.41 Å². The Morgan fingerprint density at radius 1 is 1.11 bits per heavy atom. The molecule has 0 amide bonds. The third-order valence-electron chi connectivity index (χ3n) is 4.67. The minimum Gasteiger partial charge on any atom is -0.331 e. The highest BCUT2D eigenvalue weighted by molar-refractivity contribution is 5.81. The summed E-state index contributed by atoms with van der Waals surface area (Å²) >= 11 is 0. The lowest BCUT2D eigenvalue weighted by Crippen LogP contribution is -2.27. The van der Waals surface area contributed by atoms with Gasteiger partial charge in [-0.1, -0.05) is 68.5 Å². The second kappa shape index (κ2) is 9.08. The smallest absolute Gasteiger partial charge is 0.205 e. The van der Waals surface area contributed by atoms with Crippen LogP contribution >= 0.6 is 0 Å². The Balaban J connectivity index is 1.81. The first-order valence-corrected chi connectivity index (χ1v) is 9.52. The molecule has 2 N–H and O–H groups in total. The molecule has 0 saturated heterocycles. The number of tetrazole rings is 1. The molecular weight excluding hydrogens is 348 g/mol. The molecule has 3 rings (SSSR count). The van der Waals surface area contributed by atoms with Gasteiger partial charge in [0.05, 0.1) is 0 Å². The van der Waals surface area contributed by atoms with Gasteiger partial charge in [0, 0.05) is 24.2 Å². The van der Waals surface area contributed by atoms with Crippen molar-refractivity contribution >= 4 is 5.84 Å². The summed E-state index contributed by atoms with van der Waals surface area (Å²) in [6.45, 7) is 8.80. The van der Waals surface area contributed by atoms with Crippen LogP contribution in [0.4, 0.5) is 0 Å². The van der Waals surface area contributed by atoms with Gasteiger partial charge in [0.2, 0.25) is 5.82 Å². The molecule has 6 nitrogen and oxygen atoms in total. The first kappa shape index (κ1) is 19.5. The first-order valence-electron chi connectivity index (χ1n) is 9.52. The van der Waals surface area contributed by atoms with Crippen LogP contribution in [0, 0.1) is 5.41 Å². The Kier molecular flexibility index (Phi) is 6.32. The van der Waals surface area contributed by atoms with Gasteiger partial charge in [-0.25, -0.2) is 0 Å². The molecule has 6 heteroatoms. The maximum Gasteiger partial charge on any atom is 0.205 e. The van der Waals surface area contributed by atoms with Crippen molar-refractivity contribution in [2.45, 2.75) is 39.7 Å². The van der Waals surface area contributed by atoms with E-state index in [1.807, 2.05) is 30.0 Å². The van der Waals surface area contributed by atoms with Crippen LogP contribution in [0.15, 0.2) is 60.8 Å². The predicted molar refractivity (Wildman–Crippen MR) is 113 cm³/mol. The minimum absolute atomic E-state index is 0.581. The van der Waals surface area contributed by atoms with Crippen molar-refractivity contribution in [1.82, 2.24) is 25.5 Å². The second-order valence-corrected chi connectivity index (χ2v) is 6.85. The van der Waals surface area contributed by atoms with E-state index in [4.69, 9.17) is 5.41 Å².